The molecule has 0 radical (unpaired) electrons. The van der Waals surface area contributed by atoms with Crippen molar-refractivity contribution in [3.05, 3.63) is 0 Å². The molecule has 0 aromatic rings. The molecule has 0 unspecified atom stereocenters. The summed E-state index contributed by atoms with van der Waals surface area (Å²) in [4.78, 5) is 0. The first kappa shape index (κ1) is 8.69. The average molecular weight is 128 g/mol. The van der Waals surface area contributed by atoms with Crippen molar-refractivity contribution in [1.29, 1.82) is 0 Å². The standard InChI is InChI=1S/C5H10O2.Mg.2H/c1-5(2)6-3-4-7-5;;;/h3-4H2,1-2H3;;;/q;+2;2*-1. The van der Waals surface area contributed by atoms with Gasteiger partial charge < -0.3 is 12.3 Å². The summed E-state index contributed by atoms with van der Waals surface area (Å²) in [6.07, 6.45) is 0. The second-order valence-corrected chi connectivity index (χ2v) is 2.10. The van der Waals surface area contributed by atoms with E-state index in [9.17, 15) is 0 Å². The molecular formula is C5H12MgO2. The van der Waals surface area contributed by atoms with Gasteiger partial charge in [0.05, 0.1) is 13.2 Å². The molecule has 0 N–H and O–H groups in total. The van der Waals surface area contributed by atoms with Crippen LogP contribution < -0.4 is 0 Å². The Morgan fingerprint density at radius 1 is 1.25 bits per heavy atom. The zero-order valence-corrected chi connectivity index (χ0v) is 6.85. The Morgan fingerprint density at radius 2 is 1.62 bits per heavy atom. The maximum Gasteiger partial charge on any atom is 2.00 e. The molecule has 3 heteroatoms. The fraction of sp³-hybridized carbons (Fsp3) is 1.00. The molecule has 8 heavy (non-hydrogen) atoms. The first-order valence-electron chi connectivity index (χ1n) is 2.49. The van der Waals surface area contributed by atoms with Crippen molar-refractivity contribution >= 4 is 23.1 Å². The van der Waals surface area contributed by atoms with Crippen LogP contribution in [0, 0.1) is 0 Å². The molecule has 1 heterocycles. The van der Waals surface area contributed by atoms with Crippen LogP contribution in [-0.4, -0.2) is 42.1 Å². The summed E-state index contributed by atoms with van der Waals surface area (Å²) < 4.78 is 10.2. The third kappa shape index (κ3) is 2.30. The summed E-state index contributed by atoms with van der Waals surface area (Å²) in [5, 5.41) is 0. The van der Waals surface area contributed by atoms with Gasteiger partial charge in [0.25, 0.3) is 0 Å². The summed E-state index contributed by atoms with van der Waals surface area (Å²) in [6.45, 7) is 5.32. The zero-order chi connectivity index (χ0) is 5.33. The van der Waals surface area contributed by atoms with Gasteiger partial charge in [0, 0.05) is 0 Å². The summed E-state index contributed by atoms with van der Waals surface area (Å²) >= 11 is 0. The van der Waals surface area contributed by atoms with Gasteiger partial charge in [-0.3, -0.25) is 0 Å². The topological polar surface area (TPSA) is 18.5 Å². The predicted molar refractivity (Wildman–Crippen MR) is 34.0 cm³/mol. The van der Waals surface area contributed by atoms with E-state index in [4.69, 9.17) is 9.47 Å². The van der Waals surface area contributed by atoms with Crippen LogP contribution in [0.2, 0.25) is 0 Å². The van der Waals surface area contributed by atoms with Crippen molar-refractivity contribution in [1.82, 2.24) is 0 Å². The maximum absolute atomic E-state index is 5.12. The van der Waals surface area contributed by atoms with Gasteiger partial charge in [-0.2, -0.15) is 0 Å². The Kier molecular flexibility index (Phi) is 3.27. The van der Waals surface area contributed by atoms with Gasteiger partial charge >= 0.3 is 23.1 Å². The van der Waals surface area contributed by atoms with E-state index >= 15 is 0 Å². The molecule has 0 spiro atoms. The van der Waals surface area contributed by atoms with Gasteiger partial charge in [-0.05, 0) is 13.8 Å². The Hall–Kier alpha value is 0.686. The Labute approximate surface area is 68.7 Å². The molecule has 0 aliphatic carbocycles. The van der Waals surface area contributed by atoms with Crippen molar-refractivity contribution in [2.75, 3.05) is 13.2 Å². The molecule has 1 rings (SSSR count). The fourth-order valence-corrected chi connectivity index (χ4v) is 0.617. The normalized spacial score (nSPS) is 24.8. The van der Waals surface area contributed by atoms with Gasteiger partial charge in [-0.25, -0.2) is 0 Å². The van der Waals surface area contributed by atoms with Crippen LogP contribution in [0.3, 0.4) is 0 Å². The molecule has 0 atom stereocenters. The SMILES string of the molecule is CC1(C)OCCO1.[H-].[H-].[Mg+2]. The van der Waals surface area contributed by atoms with Crippen molar-refractivity contribution in [2.24, 2.45) is 0 Å². The molecule has 0 saturated carbocycles. The van der Waals surface area contributed by atoms with Crippen LogP contribution in [0.4, 0.5) is 0 Å². The Morgan fingerprint density at radius 3 is 1.75 bits per heavy atom. The molecule has 2 nitrogen and oxygen atoms in total. The van der Waals surface area contributed by atoms with E-state index in [1.54, 1.807) is 0 Å². The minimum atomic E-state index is -0.306. The molecule has 1 saturated heterocycles. The van der Waals surface area contributed by atoms with Crippen LogP contribution in [0.1, 0.15) is 16.7 Å². The monoisotopic (exact) mass is 128 g/mol. The average Bonchev–Trinajstić information content (AvgIpc) is 1.84. The van der Waals surface area contributed by atoms with Crippen molar-refractivity contribution in [3.8, 4) is 0 Å². The number of hydrogen-bond acceptors (Lipinski definition) is 2. The number of rotatable bonds is 0. The zero-order valence-electron chi connectivity index (χ0n) is 7.44. The maximum atomic E-state index is 5.12. The minimum Gasteiger partial charge on any atom is -1.00 e. The van der Waals surface area contributed by atoms with Gasteiger partial charge in [0.15, 0.2) is 5.79 Å². The summed E-state index contributed by atoms with van der Waals surface area (Å²) in [6, 6.07) is 0. The molecule has 1 aliphatic heterocycles. The largest absolute Gasteiger partial charge is 2.00 e. The minimum absolute atomic E-state index is 0. The third-order valence-corrected chi connectivity index (χ3v) is 0.983. The molecule has 1 fully saturated rings. The first-order valence-corrected chi connectivity index (χ1v) is 2.49. The van der Waals surface area contributed by atoms with Crippen LogP contribution in [0.5, 0.6) is 0 Å². The van der Waals surface area contributed by atoms with Gasteiger partial charge in [-0.1, -0.05) is 0 Å². The van der Waals surface area contributed by atoms with Crippen LogP contribution >= 0.6 is 0 Å². The van der Waals surface area contributed by atoms with Crippen molar-refractivity contribution in [2.45, 2.75) is 19.6 Å². The van der Waals surface area contributed by atoms with Crippen LogP contribution in [0.25, 0.3) is 0 Å². The van der Waals surface area contributed by atoms with Gasteiger partial charge in [-0.15, -0.1) is 0 Å². The number of ether oxygens (including phenoxy) is 2. The Bertz CT molecular complexity index is 72.0. The summed E-state index contributed by atoms with van der Waals surface area (Å²) in [5.41, 5.74) is 0. The third-order valence-electron chi connectivity index (χ3n) is 0.983. The van der Waals surface area contributed by atoms with Crippen LogP contribution in [0.15, 0.2) is 0 Å². The quantitative estimate of drug-likeness (QED) is 0.445. The van der Waals surface area contributed by atoms with E-state index in [0.29, 0.717) is 0 Å². The van der Waals surface area contributed by atoms with E-state index < -0.39 is 0 Å². The summed E-state index contributed by atoms with van der Waals surface area (Å²) in [7, 11) is 0. The van der Waals surface area contributed by atoms with Gasteiger partial charge in [0.1, 0.15) is 0 Å². The van der Waals surface area contributed by atoms with Crippen molar-refractivity contribution < 1.29 is 12.3 Å². The smallest absolute Gasteiger partial charge is 1.00 e. The predicted octanol–water partition coefficient (Wildman–Crippen LogP) is 0.613. The molecule has 0 aromatic heterocycles. The molecule has 0 bridgehead atoms. The van der Waals surface area contributed by atoms with E-state index in [-0.39, 0.29) is 31.7 Å². The Balaban J connectivity index is -0.000000163. The molecule has 46 valence electrons. The number of hydrogen-bond donors (Lipinski definition) is 0. The molecule has 1 aliphatic rings. The van der Waals surface area contributed by atoms with E-state index in [1.165, 1.54) is 0 Å². The van der Waals surface area contributed by atoms with Crippen molar-refractivity contribution in [3.63, 3.8) is 0 Å². The molecule has 0 aromatic carbocycles. The van der Waals surface area contributed by atoms with E-state index in [2.05, 4.69) is 0 Å². The molecule has 0 amide bonds. The van der Waals surface area contributed by atoms with E-state index in [1.807, 2.05) is 13.8 Å². The second kappa shape index (κ2) is 3.01. The van der Waals surface area contributed by atoms with Gasteiger partial charge in [0.2, 0.25) is 0 Å². The second-order valence-electron chi connectivity index (χ2n) is 2.10. The first-order chi connectivity index (χ1) is 3.21. The fourth-order valence-electron chi connectivity index (χ4n) is 0.617. The van der Waals surface area contributed by atoms with Crippen LogP contribution in [-0.2, 0) is 9.47 Å². The summed E-state index contributed by atoms with van der Waals surface area (Å²) in [5.74, 6) is -0.306. The molecular weight excluding hydrogens is 116 g/mol. The van der Waals surface area contributed by atoms with E-state index in [0.717, 1.165) is 13.2 Å².